The minimum absolute atomic E-state index is 0.00340. The van der Waals surface area contributed by atoms with Crippen molar-refractivity contribution in [2.45, 2.75) is 37.9 Å². The summed E-state index contributed by atoms with van der Waals surface area (Å²) in [6.07, 6.45) is -0.933. The molecule has 2 aliphatic rings. The third-order valence-electron chi connectivity index (χ3n) is 4.30. The number of hydrogen-bond acceptors (Lipinski definition) is 7. The van der Waals surface area contributed by atoms with Gasteiger partial charge in [0.15, 0.2) is 11.9 Å². The lowest BCUT2D eigenvalue weighted by Gasteiger charge is -2.38. The molecule has 3 rings (SSSR count). The van der Waals surface area contributed by atoms with E-state index in [4.69, 9.17) is 14.2 Å². The van der Waals surface area contributed by atoms with Crippen molar-refractivity contribution in [3.63, 3.8) is 0 Å². The van der Waals surface area contributed by atoms with Crippen LogP contribution < -0.4 is 4.74 Å². The van der Waals surface area contributed by atoms with Crippen LogP contribution in [0.3, 0.4) is 0 Å². The summed E-state index contributed by atoms with van der Waals surface area (Å²) < 4.78 is 16.3. The molecule has 0 saturated carbocycles. The molecule has 0 aliphatic carbocycles. The standard InChI is InChI=1S/C16H15BrO7/c1-7-5-8(18)12-9(19)6-16(15(21)22-2,24-14(12)13(7)17)10-3-4-11(20)23-10/h5,10,18H,3-4,6H2,1-2H3/t10-,16+/m0/s1. The van der Waals surface area contributed by atoms with Crippen molar-refractivity contribution in [2.75, 3.05) is 7.11 Å². The van der Waals surface area contributed by atoms with Gasteiger partial charge in [0.05, 0.1) is 18.0 Å². The maximum atomic E-state index is 12.6. The van der Waals surface area contributed by atoms with Gasteiger partial charge in [0.2, 0.25) is 5.60 Å². The number of carbonyl (C=O) groups is 3. The summed E-state index contributed by atoms with van der Waals surface area (Å²) in [4.78, 5) is 36.6. The Morgan fingerprint density at radius 3 is 2.75 bits per heavy atom. The molecular weight excluding hydrogens is 384 g/mol. The number of phenolic OH excluding ortho intramolecular Hbond substituents is 1. The van der Waals surface area contributed by atoms with Crippen molar-refractivity contribution in [2.24, 2.45) is 0 Å². The number of esters is 2. The molecule has 0 aromatic heterocycles. The van der Waals surface area contributed by atoms with Gasteiger partial charge in [-0.15, -0.1) is 0 Å². The molecule has 2 atom stereocenters. The molecule has 0 unspecified atom stereocenters. The molecule has 1 aromatic rings. The lowest BCUT2D eigenvalue weighted by molar-refractivity contribution is -0.175. The molecule has 7 nitrogen and oxygen atoms in total. The van der Waals surface area contributed by atoms with Crippen molar-refractivity contribution >= 4 is 33.7 Å². The van der Waals surface area contributed by atoms with Gasteiger partial charge in [-0.1, -0.05) is 0 Å². The number of carbonyl (C=O) groups excluding carboxylic acids is 3. The average Bonchev–Trinajstić information content (AvgIpc) is 2.98. The Balaban J connectivity index is 2.16. The van der Waals surface area contributed by atoms with Gasteiger partial charge >= 0.3 is 11.9 Å². The number of cyclic esters (lactones) is 1. The summed E-state index contributed by atoms with van der Waals surface area (Å²) in [6, 6.07) is 1.44. The number of Topliss-reactive ketones (excluding diaryl/α,β-unsaturated/α-hetero) is 1. The number of aryl methyl sites for hydroxylation is 1. The summed E-state index contributed by atoms with van der Waals surface area (Å²) in [5, 5.41) is 10.1. The molecule has 8 heteroatoms. The van der Waals surface area contributed by atoms with Crippen LogP contribution in [0, 0.1) is 6.92 Å². The highest BCUT2D eigenvalue weighted by atomic mass is 79.9. The molecule has 2 aliphatic heterocycles. The van der Waals surface area contributed by atoms with Crippen molar-refractivity contribution in [1.29, 1.82) is 0 Å². The fourth-order valence-corrected chi connectivity index (χ4v) is 3.50. The zero-order chi connectivity index (χ0) is 17.6. The van der Waals surface area contributed by atoms with Crippen LogP contribution >= 0.6 is 15.9 Å². The van der Waals surface area contributed by atoms with Crippen LogP contribution in [-0.2, 0) is 19.1 Å². The number of aromatic hydroxyl groups is 1. The minimum atomic E-state index is -1.76. The van der Waals surface area contributed by atoms with Crippen LogP contribution in [0.5, 0.6) is 11.5 Å². The summed E-state index contributed by atoms with van der Waals surface area (Å²) in [5.74, 6) is -1.91. The minimum Gasteiger partial charge on any atom is -0.507 e. The SMILES string of the molecule is COC(=O)[C@]1([C@@H]2CCC(=O)O2)CC(=O)c2c(O)cc(C)c(Br)c2O1. The van der Waals surface area contributed by atoms with Gasteiger partial charge in [-0.2, -0.15) is 0 Å². The van der Waals surface area contributed by atoms with E-state index in [1.807, 2.05) is 0 Å². The van der Waals surface area contributed by atoms with Crippen molar-refractivity contribution in [1.82, 2.24) is 0 Å². The van der Waals surface area contributed by atoms with Gasteiger partial charge in [0.25, 0.3) is 0 Å². The third kappa shape index (κ3) is 2.36. The van der Waals surface area contributed by atoms with E-state index in [-0.39, 0.29) is 36.3 Å². The maximum absolute atomic E-state index is 12.6. The van der Waals surface area contributed by atoms with Crippen molar-refractivity contribution in [3.05, 3.63) is 21.7 Å². The number of ketones is 1. The molecule has 0 spiro atoms. The van der Waals surface area contributed by atoms with E-state index < -0.39 is 29.4 Å². The first kappa shape index (κ1) is 16.8. The van der Waals surface area contributed by atoms with E-state index in [1.54, 1.807) is 6.92 Å². The predicted octanol–water partition coefficient (Wildman–Crippen LogP) is 2.05. The van der Waals surface area contributed by atoms with E-state index in [1.165, 1.54) is 13.2 Å². The Hall–Kier alpha value is -2.09. The highest BCUT2D eigenvalue weighted by Gasteiger charge is 2.58. The van der Waals surface area contributed by atoms with E-state index in [2.05, 4.69) is 15.9 Å². The van der Waals surface area contributed by atoms with Crippen molar-refractivity contribution < 1.29 is 33.7 Å². The molecule has 2 heterocycles. The van der Waals surface area contributed by atoms with Crippen LogP contribution in [0.4, 0.5) is 0 Å². The van der Waals surface area contributed by atoms with Gasteiger partial charge in [0.1, 0.15) is 17.1 Å². The first-order chi connectivity index (χ1) is 11.3. The summed E-state index contributed by atoms with van der Waals surface area (Å²) in [7, 11) is 1.17. The molecule has 128 valence electrons. The second-order valence-corrected chi connectivity index (χ2v) is 6.62. The third-order valence-corrected chi connectivity index (χ3v) is 5.29. The first-order valence-corrected chi connectivity index (χ1v) is 8.11. The second-order valence-electron chi connectivity index (χ2n) is 5.83. The maximum Gasteiger partial charge on any atom is 0.354 e. The molecular formula is C16H15BrO7. The highest BCUT2D eigenvalue weighted by Crippen LogP contribution is 2.47. The Bertz CT molecular complexity index is 757. The smallest absolute Gasteiger partial charge is 0.354 e. The Kier molecular flexibility index (Phi) is 4.03. The molecule has 1 aromatic carbocycles. The lowest BCUT2D eigenvalue weighted by atomic mass is 9.83. The van der Waals surface area contributed by atoms with Gasteiger partial charge in [0, 0.05) is 6.42 Å². The summed E-state index contributed by atoms with van der Waals surface area (Å²) in [5.41, 5.74) is -1.13. The molecule has 0 radical (unpaired) electrons. The molecule has 1 fully saturated rings. The number of phenols is 1. The molecule has 1 saturated heterocycles. The quantitative estimate of drug-likeness (QED) is 0.760. The number of fused-ring (bicyclic) bond motifs is 1. The molecule has 1 N–H and O–H groups in total. The predicted molar refractivity (Wildman–Crippen MR) is 84.0 cm³/mol. The second kappa shape index (κ2) is 5.77. The van der Waals surface area contributed by atoms with E-state index in [9.17, 15) is 19.5 Å². The average molecular weight is 399 g/mol. The normalized spacial score (nSPS) is 25.7. The number of rotatable bonds is 2. The Morgan fingerprint density at radius 2 is 2.17 bits per heavy atom. The monoisotopic (exact) mass is 398 g/mol. The highest BCUT2D eigenvalue weighted by molar-refractivity contribution is 9.10. The van der Waals surface area contributed by atoms with Gasteiger partial charge in [-0.3, -0.25) is 9.59 Å². The number of halogens is 1. The van der Waals surface area contributed by atoms with Gasteiger partial charge in [-0.05, 0) is 40.9 Å². The van der Waals surface area contributed by atoms with Crippen LogP contribution in [0.1, 0.15) is 35.2 Å². The largest absolute Gasteiger partial charge is 0.507 e. The first-order valence-electron chi connectivity index (χ1n) is 7.32. The number of benzene rings is 1. The fraction of sp³-hybridized carbons (Fsp3) is 0.438. The van der Waals surface area contributed by atoms with Gasteiger partial charge in [-0.25, -0.2) is 4.79 Å². The van der Waals surface area contributed by atoms with Crippen LogP contribution in [0.25, 0.3) is 0 Å². The Labute approximate surface area is 146 Å². The molecule has 0 bridgehead atoms. The van der Waals surface area contributed by atoms with Crippen molar-refractivity contribution in [3.8, 4) is 11.5 Å². The zero-order valence-corrected chi connectivity index (χ0v) is 14.6. The lowest BCUT2D eigenvalue weighted by Crippen LogP contribution is -2.58. The van der Waals surface area contributed by atoms with E-state index in [0.29, 0.717) is 10.0 Å². The van der Waals surface area contributed by atoms with Crippen LogP contribution in [0.15, 0.2) is 10.5 Å². The van der Waals surface area contributed by atoms with E-state index >= 15 is 0 Å². The van der Waals surface area contributed by atoms with Gasteiger partial charge < -0.3 is 19.3 Å². The Morgan fingerprint density at radius 1 is 1.46 bits per heavy atom. The number of ether oxygens (including phenoxy) is 3. The topological polar surface area (TPSA) is 99.1 Å². The van der Waals surface area contributed by atoms with Crippen LogP contribution in [-0.4, -0.2) is 41.6 Å². The van der Waals surface area contributed by atoms with Crippen LogP contribution in [0.2, 0.25) is 0 Å². The number of hydrogen-bond donors (Lipinski definition) is 1. The molecule has 24 heavy (non-hydrogen) atoms. The summed E-state index contributed by atoms with van der Waals surface area (Å²) >= 11 is 3.32. The molecule has 0 amide bonds. The zero-order valence-electron chi connectivity index (χ0n) is 13.1. The summed E-state index contributed by atoms with van der Waals surface area (Å²) in [6.45, 7) is 1.71. The van der Waals surface area contributed by atoms with E-state index in [0.717, 1.165) is 0 Å². The number of methoxy groups -OCH3 is 1. The fourth-order valence-electron chi connectivity index (χ4n) is 3.11.